The highest BCUT2D eigenvalue weighted by Gasteiger charge is 2.35. The first-order valence-corrected chi connectivity index (χ1v) is 9.34. The van der Waals surface area contributed by atoms with Crippen molar-refractivity contribution in [2.24, 2.45) is 0 Å². The van der Waals surface area contributed by atoms with E-state index in [9.17, 15) is 23.9 Å². The fourth-order valence-corrected chi connectivity index (χ4v) is 3.70. The topological polar surface area (TPSA) is 91.6 Å². The Morgan fingerprint density at radius 3 is 2.90 bits per heavy atom. The second-order valence-corrected chi connectivity index (χ2v) is 7.29. The number of nitrogens with zero attached hydrogens (tertiary/aromatic N) is 2. The van der Waals surface area contributed by atoms with Crippen molar-refractivity contribution in [2.45, 2.75) is 25.9 Å². The molecule has 0 fully saturated rings. The van der Waals surface area contributed by atoms with Gasteiger partial charge in [0, 0.05) is 31.4 Å². The molecule has 0 saturated carbocycles. The molecule has 0 radical (unpaired) electrons. The molecular weight excluding hydrogens is 377 g/mol. The van der Waals surface area contributed by atoms with E-state index >= 15 is 0 Å². The number of pyridine rings is 1. The fourth-order valence-electron chi connectivity index (χ4n) is 3.70. The third-order valence-corrected chi connectivity index (χ3v) is 5.28. The van der Waals surface area contributed by atoms with Crippen LogP contribution in [-0.4, -0.2) is 39.5 Å². The maximum atomic E-state index is 14.0. The van der Waals surface area contributed by atoms with Gasteiger partial charge in [-0.3, -0.25) is 14.4 Å². The van der Waals surface area contributed by atoms with Crippen molar-refractivity contribution in [1.82, 2.24) is 14.8 Å². The molecule has 0 spiro atoms. The molecule has 2 amide bonds. The molecule has 3 heterocycles. The van der Waals surface area contributed by atoms with Gasteiger partial charge in [0.1, 0.15) is 11.4 Å². The van der Waals surface area contributed by atoms with Crippen LogP contribution in [0, 0.1) is 12.7 Å². The summed E-state index contributed by atoms with van der Waals surface area (Å²) in [5.74, 6) is -2.37. The summed E-state index contributed by atoms with van der Waals surface area (Å²) >= 11 is 0. The van der Waals surface area contributed by atoms with Crippen molar-refractivity contribution < 1.29 is 19.1 Å². The lowest BCUT2D eigenvalue weighted by atomic mass is 10.1. The number of carbonyl (C=O) groups excluding carboxylic acids is 2. The number of halogens is 1. The molecule has 150 valence electrons. The van der Waals surface area contributed by atoms with Crippen molar-refractivity contribution >= 4 is 11.8 Å². The Hall–Kier alpha value is -3.42. The normalized spacial score (nSPS) is 17.7. The number of hydrogen-bond acceptors (Lipinski definition) is 4. The third-order valence-electron chi connectivity index (χ3n) is 5.28. The molecule has 1 unspecified atom stereocenters. The van der Waals surface area contributed by atoms with Gasteiger partial charge in [0.25, 0.3) is 11.8 Å². The summed E-state index contributed by atoms with van der Waals surface area (Å²) in [6.45, 7) is 2.56. The van der Waals surface area contributed by atoms with Crippen LogP contribution in [0.1, 0.15) is 44.4 Å². The molecule has 2 aromatic rings. The molecule has 0 aliphatic carbocycles. The molecule has 2 bridgehead atoms. The highest BCUT2D eigenvalue weighted by Crippen LogP contribution is 2.29. The third kappa shape index (κ3) is 3.30. The van der Waals surface area contributed by atoms with Crippen LogP contribution in [0.15, 0.2) is 41.3 Å². The summed E-state index contributed by atoms with van der Waals surface area (Å²) in [5.41, 5.74) is -0.291. The average Bonchev–Trinajstić information content (AvgIpc) is 2.91. The second-order valence-electron chi connectivity index (χ2n) is 7.29. The molecule has 29 heavy (non-hydrogen) atoms. The number of aromatic nitrogens is 1. The van der Waals surface area contributed by atoms with Gasteiger partial charge >= 0.3 is 0 Å². The number of nitrogens with one attached hydrogen (secondary N) is 1. The number of aromatic hydroxyl groups is 1. The Balaban J connectivity index is 1.67. The maximum absolute atomic E-state index is 14.0. The van der Waals surface area contributed by atoms with Crippen molar-refractivity contribution in [2.75, 3.05) is 13.1 Å². The lowest BCUT2D eigenvalue weighted by molar-refractivity contribution is 0.0687. The minimum atomic E-state index is -0.921. The quantitative estimate of drug-likeness (QED) is 0.774. The summed E-state index contributed by atoms with van der Waals surface area (Å²) in [7, 11) is 0. The lowest BCUT2D eigenvalue weighted by Gasteiger charge is -2.33. The van der Waals surface area contributed by atoms with E-state index in [0.717, 1.165) is 5.56 Å². The van der Waals surface area contributed by atoms with E-state index < -0.39 is 28.8 Å². The van der Waals surface area contributed by atoms with E-state index in [-0.39, 0.29) is 29.4 Å². The zero-order chi connectivity index (χ0) is 20.7. The molecule has 2 aliphatic rings. The van der Waals surface area contributed by atoms with Gasteiger partial charge < -0.3 is 19.9 Å². The van der Waals surface area contributed by atoms with Gasteiger partial charge in [-0.05, 0) is 25.0 Å². The van der Waals surface area contributed by atoms with E-state index in [2.05, 4.69) is 5.32 Å². The van der Waals surface area contributed by atoms with E-state index in [1.54, 1.807) is 24.0 Å². The zero-order valence-corrected chi connectivity index (χ0v) is 15.8. The van der Waals surface area contributed by atoms with Gasteiger partial charge in [-0.15, -0.1) is 0 Å². The first-order chi connectivity index (χ1) is 13.9. The highest BCUT2D eigenvalue weighted by atomic mass is 19.1. The molecule has 1 atom stereocenters. The predicted octanol–water partition coefficient (Wildman–Crippen LogP) is 1.89. The maximum Gasteiger partial charge on any atom is 0.274 e. The molecule has 4 rings (SSSR count). The Kier molecular flexibility index (Phi) is 4.70. The summed E-state index contributed by atoms with van der Waals surface area (Å²) in [4.78, 5) is 39.4. The summed E-state index contributed by atoms with van der Waals surface area (Å²) < 4.78 is 15.5. The van der Waals surface area contributed by atoms with E-state index in [4.69, 9.17) is 0 Å². The Labute approximate surface area is 166 Å². The Morgan fingerprint density at radius 2 is 2.14 bits per heavy atom. The number of hydrogen-bond donors (Lipinski definition) is 2. The van der Waals surface area contributed by atoms with Gasteiger partial charge in [0.15, 0.2) is 11.4 Å². The second kappa shape index (κ2) is 7.20. The van der Waals surface area contributed by atoms with Crippen LogP contribution in [0.2, 0.25) is 0 Å². The van der Waals surface area contributed by atoms with Crippen LogP contribution in [-0.2, 0) is 6.54 Å². The van der Waals surface area contributed by atoms with Crippen LogP contribution >= 0.6 is 0 Å². The number of aryl methyl sites for hydroxylation is 1. The van der Waals surface area contributed by atoms with Crippen molar-refractivity contribution in [3.63, 3.8) is 0 Å². The standard InChI is InChI=1S/C21H20FN3O4/c1-12-5-6-13(16(22)8-12)9-23-20(28)15-11-25-14-4-2-3-7-24(10-14)21(29)17(25)19(27)18(15)26/h2,4-6,8,11,14,27H,3,7,9-10H2,1H3,(H,23,28). The first kappa shape index (κ1) is 18.9. The molecule has 2 aliphatic heterocycles. The van der Waals surface area contributed by atoms with Crippen LogP contribution < -0.4 is 10.7 Å². The number of rotatable bonds is 3. The average molecular weight is 397 g/mol. The molecule has 1 aromatic heterocycles. The summed E-state index contributed by atoms with van der Waals surface area (Å²) in [6.07, 6.45) is 5.80. The van der Waals surface area contributed by atoms with Crippen molar-refractivity contribution in [1.29, 1.82) is 0 Å². The first-order valence-electron chi connectivity index (χ1n) is 9.34. The number of benzene rings is 1. The largest absolute Gasteiger partial charge is 0.503 e. The molecular formula is C21H20FN3O4. The monoisotopic (exact) mass is 397 g/mol. The van der Waals surface area contributed by atoms with Crippen LogP contribution in [0.5, 0.6) is 5.75 Å². The molecule has 7 nitrogen and oxygen atoms in total. The smallest absolute Gasteiger partial charge is 0.274 e. The van der Waals surface area contributed by atoms with Gasteiger partial charge in [0.2, 0.25) is 5.43 Å². The van der Waals surface area contributed by atoms with Crippen molar-refractivity contribution in [3.8, 4) is 5.75 Å². The van der Waals surface area contributed by atoms with E-state index in [1.165, 1.54) is 16.8 Å². The number of amides is 2. The number of carbonyl (C=O) groups is 2. The minimum absolute atomic E-state index is 0.108. The van der Waals surface area contributed by atoms with Gasteiger partial charge in [-0.2, -0.15) is 0 Å². The molecule has 8 heteroatoms. The van der Waals surface area contributed by atoms with Crippen molar-refractivity contribution in [3.05, 3.63) is 75.0 Å². The molecule has 0 saturated heterocycles. The Morgan fingerprint density at radius 1 is 1.34 bits per heavy atom. The van der Waals surface area contributed by atoms with E-state index in [0.29, 0.717) is 19.5 Å². The van der Waals surface area contributed by atoms with Crippen LogP contribution in [0.3, 0.4) is 0 Å². The van der Waals surface area contributed by atoms with E-state index in [1.807, 2.05) is 12.2 Å². The minimum Gasteiger partial charge on any atom is -0.503 e. The zero-order valence-electron chi connectivity index (χ0n) is 15.8. The summed E-state index contributed by atoms with van der Waals surface area (Å²) in [6, 6.07) is 4.36. The Bertz CT molecular complexity index is 1110. The highest BCUT2D eigenvalue weighted by molar-refractivity contribution is 5.99. The van der Waals surface area contributed by atoms with Gasteiger partial charge in [-0.25, -0.2) is 4.39 Å². The fraction of sp³-hybridized carbons (Fsp3) is 0.286. The predicted molar refractivity (Wildman–Crippen MR) is 103 cm³/mol. The molecule has 2 N–H and O–H groups in total. The number of fused-ring (bicyclic) bond motifs is 4. The van der Waals surface area contributed by atoms with Crippen LogP contribution in [0.25, 0.3) is 0 Å². The lowest BCUT2D eigenvalue weighted by Crippen LogP contribution is -2.44. The van der Waals surface area contributed by atoms with Crippen LogP contribution in [0.4, 0.5) is 4.39 Å². The SMILES string of the molecule is Cc1ccc(CNC(=O)c2cn3c(c(O)c2=O)C(=O)N2CCC=CC3C2)c(F)c1. The van der Waals surface area contributed by atoms with Gasteiger partial charge in [-0.1, -0.05) is 24.3 Å². The van der Waals surface area contributed by atoms with Gasteiger partial charge in [0.05, 0.1) is 6.04 Å². The summed E-state index contributed by atoms with van der Waals surface area (Å²) in [5, 5.41) is 12.9. The molecule has 1 aromatic carbocycles.